The van der Waals surface area contributed by atoms with Crippen LogP contribution in [0.3, 0.4) is 0 Å². The van der Waals surface area contributed by atoms with Crippen molar-refractivity contribution in [3.05, 3.63) is 29.1 Å². The summed E-state index contributed by atoms with van der Waals surface area (Å²) >= 11 is 0. The summed E-state index contributed by atoms with van der Waals surface area (Å²) in [5.74, 6) is -5.25. The third-order valence-electron chi connectivity index (χ3n) is 3.77. The van der Waals surface area contributed by atoms with Gasteiger partial charge in [0.25, 0.3) is 5.92 Å². The number of hydrogen-bond acceptors (Lipinski definition) is 1. The molecule has 98 valence electrons. The predicted octanol–water partition coefficient (Wildman–Crippen LogP) is 3.20. The fraction of sp³-hybridized carbons (Fsp3) is 0.545. The van der Waals surface area contributed by atoms with Crippen molar-refractivity contribution in [2.45, 2.75) is 24.4 Å². The number of allylic oxidation sites excluding steroid dienone is 1. The molecule has 18 heavy (non-hydrogen) atoms. The number of aromatic nitrogens is 2. The van der Waals surface area contributed by atoms with Crippen molar-refractivity contribution in [3.8, 4) is 0 Å². The smallest absolute Gasteiger partial charge is 0.266 e. The van der Waals surface area contributed by atoms with Gasteiger partial charge in [0.15, 0.2) is 5.69 Å². The molecule has 1 aromatic rings. The van der Waals surface area contributed by atoms with E-state index in [-0.39, 0.29) is 12.0 Å². The van der Waals surface area contributed by atoms with E-state index in [1.54, 1.807) is 0 Å². The number of alkyl halides is 5. The first-order valence-electron chi connectivity index (χ1n) is 5.35. The first-order valence-corrected chi connectivity index (χ1v) is 5.35. The van der Waals surface area contributed by atoms with E-state index in [2.05, 4.69) is 11.7 Å². The van der Waals surface area contributed by atoms with Gasteiger partial charge in [-0.15, -0.1) is 0 Å². The van der Waals surface area contributed by atoms with Crippen molar-refractivity contribution < 1.29 is 22.0 Å². The largest absolute Gasteiger partial charge is 0.435 e. The van der Waals surface area contributed by atoms with Crippen LogP contribution in [0.15, 0.2) is 12.2 Å². The fourth-order valence-electron chi connectivity index (χ4n) is 3.01. The van der Waals surface area contributed by atoms with Crippen LogP contribution >= 0.6 is 0 Å². The van der Waals surface area contributed by atoms with E-state index in [1.807, 2.05) is 0 Å². The molecule has 0 bridgehead atoms. The van der Waals surface area contributed by atoms with Crippen LogP contribution in [0.5, 0.6) is 0 Å². The van der Waals surface area contributed by atoms with Gasteiger partial charge < -0.3 is 0 Å². The summed E-state index contributed by atoms with van der Waals surface area (Å²) in [6, 6.07) is 0. The van der Waals surface area contributed by atoms with Crippen LogP contribution < -0.4 is 0 Å². The van der Waals surface area contributed by atoms with Gasteiger partial charge in [-0.2, -0.15) is 27.1 Å². The summed E-state index contributed by atoms with van der Waals surface area (Å²) in [5.41, 5.74) is -1.76. The Morgan fingerprint density at radius 2 is 2.00 bits per heavy atom. The van der Waals surface area contributed by atoms with Gasteiger partial charge in [0.2, 0.25) is 0 Å². The summed E-state index contributed by atoms with van der Waals surface area (Å²) in [6.45, 7) is 3.56. The van der Waals surface area contributed by atoms with Crippen molar-refractivity contribution in [1.82, 2.24) is 9.78 Å². The Balaban J connectivity index is 2.28. The maximum atomic E-state index is 14.0. The maximum Gasteiger partial charge on any atom is 0.435 e. The predicted molar refractivity (Wildman–Crippen MR) is 52.1 cm³/mol. The van der Waals surface area contributed by atoms with Crippen LogP contribution in [0.25, 0.3) is 0 Å². The van der Waals surface area contributed by atoms with Gasteiger partial charge in [0, 0.05) is 24.4 Å². The zero-order chi connectivity index (χ0) is 13.5. The highest BCUT2D eigenvalue weighted by Crippen LogP contribution is 2.65. The maximum absolute atomic E-state index is 14.0. The molecule has 0 radical (unpaired) electrons. The second-order valence-electron chi connectivity index (χ2n) is 4.80. The third-order valence-corrected chi connectivity index (χ3v) is 3.77. The topological polar surface area (TPSA) is 17.8 Å². The van der Waals surface area contributed by atoms with E-state index in [0.717, 1.165) is 7.05 Å². The molecule has 0 unspecified atom stereocenters. The molecular formula is C11H9F5N2. The van der Waals surface area contributed by atoms with Gasteiger partial charge in [0.05, 0.1) is 0 Å². The highest BCUT2D eigenvalue weighted by Gasteiger charge is 2.64. The van der Waals surface area contributed by atoms with Crippen molar-refractivity contribution in [2.24, 2.45) is 13.0 Å². The van der Waals surface area contributed by atoms with Crippen molar-refractivity contribution >= 4 is 0 Å². The van der Waals surface area contributed by atoms with Crippen LogP contribution in [0, 0.1) is 5.92 Å². The molecule has 1 heterocycles. The Kier molecular flexibility index (Phi) is 1.91. The van der Waals surface area contributed by atoms with Crippen molar-refractivity contribution in [1.29, 1.82) is 0 Å². The summed E-state index contributed by atoms with van der Waals surface area (Å²) < 4.78 is 67.1. The molecule has 1 saturated carbocycles. The van der Waals surface area contributed by atoms with Gasteiger partial charge in [-0.3, -0.25) is 4.68 Å². The highest BCUT2D eigenvalue weighted by molar-refractivity contribution is 5.50. The lowest BCUT2D eigenvalue weighted by atomic mass is 9.69. The molecule has 3 rings (SSSR count). The Bertz CT molecular complexity index is 555. The molecule has 2 aliphatic rings. The molecule has 0 saturated heterocycles. The summed E-state index contributed by atoms with van der Waals surface area (Å²) in [7, 11) is 1.12. The average molecular weight is 264 g/mol. The Labute approximate surface area is 99.1 Å². The minimum atomic E-state index is -4.72. The molecule has 0 aliphatic heterocycles. The summed E-state index contributed by atoms with van der Waals surface area (Å²) in [5, 5.41) is 3.22. The third kappa shape index (κ3) is 1.14. The zero-order valence-electron chi connectivity index (χ0n) is 9.35. The highest BCUT2D eigenvalue weighted by atomic mass is 19.4. The van der Waals surface area contributed by atoms with E-state index >= 15 is 0 Å². The number of aryl methyl sites for hydroxylation is 1. The van der Waals surface area contributed by atoms with Crippen LogP contribution in [-0.4, -0.2) is 9.78 Å². The number of hydrogen-bond donors (Lipinski definition) is 0. The van der Waals surface area contributed by atoms with Gasteiger partial charge in [0.1, 0.15) is 5.69 Å². The molecular weight excluding hydrogens is 255 g/mol. The molecule has 1 aromatic heterocycles. The number of fused-ring (bicyclic) bond motifs is 3. The minimum Gasteiger partial charge on any atom is -0.266 e. The lowest BCUT2D eigenvalue weighted by Crippen LogP contribution is -2.34. The second kappa shape index (κ2) is 2.95. The molecule has 2 atom stereocenters. The van der Waals surface area contributed by atoms with Gasteiger partial charge in [-0.1, -0.05) is 12.2 Å². The van der Waals surface area contributed by atoms with Crippen LogP contribution in [0.2, 0.25) is 0 Å². The fourth-order valence-corrected chi connectivity index (χ4v) is 3.01. The lowest BCUT2D eigenvalue weighted by Gasteiger charge is -2.36. The van der Waals surface area contributed by atoms with Gasteiger partial charge in [-0.05, 0) is 6.42 Å². The summed E-state index contributed by atoms with van der Waals surface area (Å²) in [4.78, 5) is 0. The van der Waals surface area contributed by atoms with Gasteiger partial charge >= 0.3 is 6.18 Å². The van der Waals surface area contributed by atoms with E-state index in [1.165, 1.54) is 0 Å². The van der Waals surface area contributed by atoms with Crippen LogP contribution in [0.1, 0.15) is 29.3 Å². The molecule has 1 fully saturated rings. The SMILES string of the molecule is C=C1C[C@@H]2[C@H]1c1c(C(F)(F)F)nn(C)c1C2(F)F. The lowest BCUT2D eigenvalue weighted by molar-refractivity contribution is -0.142. The molecule has 0 aromatic carbocycles. The molecule has 2 nitrogen and oxygen atoms in total. The average Bonchev–Trinajstić information content (AvgIpc) is 2.59. The molecule has 2 aliphatic carbocycles. The molecule has 0 amide bonds. The van der Waals surface area contributed by atoms with E-state index in [0.29, 0.717) is 10.3 Å². The second-order valence-corrected chi connectivity index (χ2v) is 4.80. The van der Waals surface area contributed by atoms with Crippen molar-refractivity contribution in [3.63, 3.8) is 0 Å². The monoisotopic (exact) mass is 264 g/mol. The van der Waals surface area contributed by atoms with Gasteiger partial charge in [-0.25, -0.2) is 0 Å². The number of rotatable bonds is 0. The Morgan fingerprint density at radius 1 is 1.39 bits per heavy atom. The zero-order valence-corrected chi connectivity index (χ0v) is 9.35. The van der Waals surface area contributed by atoms with E-state index in [4.69, 9.17) is 0 Å². The van der Waals surface area contributed by atoms with Crippen LogP contribution in [-0.2, 0) is 19.1 Å². The molecule has 0 N–H and O–H groups in total. The minimum absolute atomic E-state index is 0.0731. The van der Waals surface area contributed by atoms with Crippen LogP contribution in [0.4, 0.5) is 22.0 Å². The Hall–Kier alpha value is -1.40. The normalized spacial score (nSPS) is 28.9. The first-order chi connectivity index (χ1) is 8.15. The first kappa shape index (κ1) is 11.7. The van der Waals surface area contributed by atoms with E-state index in [9.17, 15) is 22.0 Å². The standard InChI is InChI=1S/C11H9F5N2/c1-4-3-5-6(4)7-8(11(14,15)16)17-18(2)9(7)10(5,12)13/h5-6H,1,3H2,2H3/t5-,6+/m1/s1. The van der Waals surface area contributed by atoms with Crippen molar-refractivity contribution in [2.75, 3.05) is 0 Å². The summed E-state index contributed by atoms with van der Waals surface area (Å²) in [6.07, 6.45) is -4.64. The number of halogens is 5. The Morgan fingerprint density at radius 3 is 2.50 bits per heavy atom. The number of nitrogens with zero attached hydrogens (tertiary/aromatic N) is 2. The molecule has 0 spiro atoms. The molecule has 7 heteroatoms. The quantitative estimate of drug-likeness (QED) is 0.519. The van der Waals surface area contributed by atoms with E-state index < -0.39 is 35.3 Å².